The average Bonchev–Trinajstić information content (AvgIpc) is 2.89. The van der Waals surface area contributed by atoms with Crippen molar-refractivity contribution in [1.82, 2.24) is 5.32 Å². The number of anilines is 2. The molecule has 0 atom stereocenters. The first-order chi connectivity index (χ1) is 19.1. The molecule has 11 heteroatoms. The molecule has 1 saturated heterocycles. The summed E-state index contributed by atoms with van der Waals surface area (Å²) in [5, 5.41) is 5.03. The number of ether oxygens (including phenoxy) is 2. The number of amides is 5. The second kappa shape index (κ2) is 12.6. The number of hydrogen-bond acceptors (Lipinski definition) is 6. The second-order valence-electron chi connectivity index (χ2n) is 8.83. The SMILES string of the molecule is CCOc1cc(/C=C2\C(=O)NC(=O)N(c3ccc(Br)cc3)C2=O)cc(I)c1OCC(=O)Nc1ccc(C)c(C)c1. The van der Waals surface area contributed by atoms with Gasteiger partial charge < -0.3 is 14.8 Å². The van der Waals surface area contributed by atoms with Crippen LogP contribution in [0.2, 0.25) is 0 Å². The van der Waals surface area contributed by atoms with Crippen LogP contribution in [0.3, 0.4) is 0 Å². The van der Waals surface area contributed by atoms with Crippen molar-refractivity contribution in [3.8, 4) is 11.5 Å². The van der Waals surface area contributed by atoms with E-state index in [2.05, 4.69) is 26.6 Å². The number of carbonyl (C=O) groups is 4. The molecular formula is C29H25BrIN3O6. The lowest BCUT2D eigenvalue weighted by atomic mass is 10.1. The zero-order valence-electron chi connectivity index (χ0n) is 21.8. The molecule has 0 unspecified atom stereocenters. The fourth-order valence-corrected chi connectivity index (χ4v) is 4.92. The van der Waals surface area contributed by atoms with Crippen molar-refractivity contribution < 1.29 is 28.7 Å². The van der Waals surface area contributed by atoms with Crippen molar-refractivity contribution in [1.29, 1.82) is 0 Å². The Labute approximate surface area is 253 Å². The van der Waals surface area contributed by atoms with E-state index in [1.807, 2.05) is 54.6 Å². The highest BCUT2D eigenvalue weighted by molar-refractivity contribution is 14.1. The molecule has 1 aliphatic rings. The summed E-state index contributed by atoms with van der Waals surface area (Å²) >= 11 is 5.36. The number of halogens is 2. The molecule has 3 aromatic rings. The van der Waals surface area contributed by atoms with Gasteiger partial charge in [-0.1, -0.05) is 22.0 Å². The number of benzene rings is 3. The summed E-state index contributed by atoms with van der Waals surface area (Å²) < 4.78 is 13.0. The van der Waals surface area contributed by atoms with Gasteiger partial charge in [-0.15, -0.1) is 0 Å². The highest BCUT2D eigenvalue weighted by Gasteiger charge is 2.36. The first-order valence-electron chi connectivity index (χ1n) is 12.2. The van der Waals surface area contributed by atoms with Gasteiger partial charge in [0.05, 0.1) is 15.9 Å². The number of imide groups is 2. The molecule has 40 heavy (non-hydrogen) atoms. The van der Waals surface area contributed by atoms with E-state index in [-0.39, 0.29) is 18.1 Å². The lowest BCUT2D eigenvalue weighted by molar-refractivity contribution is -0.122. The molecule has 0 bridgehead atoms. The van der Waals surface area contributed by atoms with Gasteiger partial charge in [-0.3, -0.25) is 19.7 Å². The molecule has 9 nitrogen and oxygen atoms in total. The maximum Gasteiger partial charge on any atom is 0.335 e. The first kappa shape index (κ1) is 29.3. The predicted molar refractivity (Wildman–Crippen MR) is 164 cm³/mol. The highest BCUT2D eigenvalue weighted by Crippen LogP contribution is 2.35. The standard InChI is InChI=1S/C29H25BrIN3O6/c1-4-39-24-14-18(12-22-27(36)33-29(38)34(28(22)37)21-9-6-19(30)7-10-21)13-23(31)26(24)40-15-25(35)32-20-8-5-16(2)17(3)11-20/h5-14H,4,15H2,1-3H3,(H,32,35)(H,33,36,38)/b22-12+. The number of aryl methyl sites for hydroxylation is 2. The van der Waals surface area contributed by atoms with Crippen molar-refractivity contribution in [2.24, 2.45) is 0 Å². The van der Waals surface area contributed by atoms with Gasteiger partial charge in [0.25, 0.3) is 17.7 Å². The van der Waals surface area contributed by atoms with E-state index >= 15 is 0 Å². The summed E-state index contributed by atoms with van der Waals surface area (Å²) in [6, 6.07) is 14.7. The topological polar surface area (TPSA) is 114 Å². The Morgan fingerprint density at radius 2 is 1.75 bits per heavy atom. The van der Waals surface area contributed by atoms with Crippen LogP contribution in [0, 0.1) is 17.4 Å². The van der Waals surface area contributed by atoms with E-state index in [4.69, 9.17) is 9.47 Å². The molecule has 0 saturated carbocycles. The molecule has 3 aromatic carbocycles. The zero-order valence-corrected chi connectivity index (χ0v) is 25.6. The summed E-state index contributed by atoms with van der Waals surface area (Å²) in [5.74, 6) is -1.21. The minimum Gasteiger partial charge on any atom is -0.490 e. The fourth-order valence-electron chi connectivity index (χ4n) is 3.88. The van der Waals surface area contributed by atoms with Gasteiger partial charge in [-0.25, -0.2) is 9.69 Å². The zero-order chi connectivity index (χ0) is 29.0. The number of hydrogen-bond donors (Lipinski definition) is 2. The summed E-state index contributed by atoms with van der Waals surface area (Å²) in [7, 11) is 0. The van der Waals surface area contributed by atoms with Gasteiger partial charge in [0.15, 0.2) is 18.1 Å². The van der Waals surface area contributed by atoms with Crippen LogP contribution in [0.1, 0.15) is 23.6 Å². The Hall–Kier alpha value is -3.71. The summed E-state index contributed by atoms with van der Waals surface area (Å²) in [6.07, 6.45) is 1.39. The third-order valence-electron chi connectivity index (χ3n) is 5.97. The van der Waals surface area contributed by atoms with Gasteiger partial charge >= 0.3 is 6.03 Å². The predicted octanol–water partition coefficient (Wildman–Crippen LogP) is 5.75. The van der Waals surface area contributed by atoms with Crippen molar-refractivity contribution in [3.05, 3.63) is 84.9 Å². The van der Waals surface area contributed by atoms with Gasteiger partial charge in [0.1, 0.15) is 5.57 Å². The molecule has 0 aromatic heterocycles. The summed E-state index contributed by atoms with van der Waals surface area (Å²) in [6.45, 7) is 5.82. The lowest BCUT2D eigenvalue weighted by Gasteiger charge is -2.26. The van der Waals surface area contributed by atoms with Crippen molar-refractivity contribution in [3.63, 3.8) is 0 Å². The third-order valence-corrected chi connectivity index (χ3v) is 7.30. The van der Waals surface area contributed by atoms with Gasteiger partial charge in [-0.2, -0.15) is 0 Å². The fraction of sp³-hybridized carbons (Fsp3) is 0.172. The van der Waals surface area contributed by atoms with Crippen molar-refractivity contribution in [2.45, 2.75) is 20.8 Å². The van der Waals surface area contributed by atoms with Gasteiger partial charge in [0, 0.05) is 10.2 Å². The van der Waals surface area contributed by atoms with Crippen LogP contribution < -0.4 is 25.0 Å². The Bertz CT molecular complexity index is 1540. The smallest absolute Gasteiger partial charge is 0.335 e. The number of nitrogens with one attached hydrogen (secondary N) is 2. The molecule has 4 rings (SSSR count). The maximum atomic E-state index is 13.2. The molecule has 0 spiro atoms. The quantitative estimate of drug-likeness (QED) is 0.174. The number of carbonyl (C=O) groups excluding carboxylic acids is 4. The van der Waals surface area contributed by atoms with Crippen LogP contribution in [0.25, 0.3) is 6.08 Å². The Balaban J connectivity index is 1.57. The molecule has 0 aliphatic carbocycles. The molecule has 206 valence electrons. The van der Waals surface area contributed by atoms with Crippen LogP contribution >= 0.6 is 38.5 Å². The van der Waals surface area contributed by atoms with Gasteiger partial charge in [0.2, 0.25) is 0 Å². The Morgan fingerprint density at radius 1 is 1.02 bits per heavy atom. The van der Waals surface area contributed by atoms with E-state index in [0.29, 0.717) is 38.6 Å². The highest BCUT2D eigenvalue weighted by atomic mass is 127. The second-order valence-corrected chi connectivity index (χ2v) is 10.9. The minimum atomic E-state index is -0.832. The minimum absolute atomic E-state index is 0.220. The molecule has 1 aliphatic heterocycles. The molecule has 0 radical (unpaired) electrons. The maximum absolute atomic E-state index is 13.2. The molecular weight excluding hydrogens is 693 g/mol. The monoisotopic (exact) mass is 717 g/mol. The number of urea groups is 1. The number of rotatable bonds is 8. The van der Waals surface area contributed by atoms with Crippen molar-refractivity contribution in [2.75, 3.05) is 23.4 Å². The van der Waals surface area contributed by atoms with Gasteiger partial charge in [-0.05, 0) is 115 Å². The third kappa shape index (κ3) is 6.70. The van der Waals surface area contributed by atoms with Crippen LogP contribution in [0.4, 0.5) is 16.2 Å². The normalized spacial score (nSPS) is 14.3. The van der Waals surface area contributed by atoms with E-state index in [0.717, 1.165) is 20.5 Å². The molecule has 1 heterocycles. The van der Waals surface area contributed by atoms with Crippen LogP contribution in [-0.4, -0.2) is 37.0 Å². The average molecular weight is 718 g/mol. The molecule has 2 N–H and O–H groups in total. The summed E-state index contributed by atoms with van der Waals surface area (Å²) in [5.41, 5.74) is 3.43. The largest absolute Gasteiger partial charge is 0.490 e. The summed E-state index contributed by atoms with van der Waals surface area (Å²) in [4.78, 5) is 51.8. The van der Waals surface area contributed by atoms with E-state index < -0.39 is 17.8 Å². The lowest BCUT2D eigenvalue weighted by Crippen LogP contribution is -2.54. The number of nitrogens with zero attached hydrogens (tertiary/aromatic N) is 1. The van der Waals surface area contributed by atoms with E-state index in [1.165, 1.54) is 6.08 Å². The van der Waals surface area contributed by atoms with Crippen LogP contribution in [0.5, 0.6) is 11.5 Å². The van der Waals surface area contributed by atoms with E-state index in [9.17, 15) is 19.2 Å². The van der Waals surface area contributed by atoms with E-state index in [1.54, 1.807) is 43.3 Å². The Kier molecular flexibility index (Phi) is 9.25. The number of barbiturate groups is 1. The first-order valence-corrected chi connectivity index (χ1v) is 14.1. The molecule has 5 amide bonds. The van der Waals surface area contributed by atoms with Crippen LogP contribution in [-0.2, 0) is 14.4 Å². The van der Waals surface area contributed by atoms with Crippen molar-refractivity contribution >= 4 is 79.7 Å². The van der Waals surface area contributed by atoms with Crippen LogP contribution in [0.15, 0.2) is 64.6 Å². The Morgan fingerprint density at radius 3 is 2.42 bits per heavy atom. The molecule has 1 fully saturated rings.